The number of sulfone groups is 1. The van der Waals surface area contributed by atoms with E-state index in [-0.39, 0.29) is 11.5 Å². The fraction of sp³-hybridized carbons (Fsp3) is 0.278. The van der Waals surface area contributed by atoms with Gasteiger partial charge in [-0.3, -0.25) is 4.79 Å². The number of hydrogen-bond acceptors (Lipinski definition) is 4. The zero-order chi connectivity index (χ0) is 19.6. The average molecular weight is 415 g/mol. The van der Waals surface area contributed by atoms with Crippen LogP contribution in [0.15, 0.2) is 53.4 Å². The molecule has 2 aromatic carbocycles. The number of hydrogen-bond donors (Lipinski definition) is 0. The van der Waals surface area contributed by atoms with Gasteiger partial charge < -0.3 is 9.80 Å². The lowest BCUT2D eigenvalue weighted by Crippen LogP contribution is -2.48. The summed E-state index contributed by atoms with van der Waals surface area (Å²) in [5, 5.41) is 0.646. The number of amides is 1. The summed E-state index contributed by atoms with van der Waals surface area (Å²) in [4.78, 5) is 15.8. The molecule has 2 aromatic rings. The molecule has 0 saturated carbocycles. The van der Waals surface area contributed by atoms with Crippen LogP contribution in [-0.2, 0) is 9.84 Å². The molecule has 0 N–H and O–H groups in total. The van der Waals surface area contributed by atoms with Gasteiger partial charge in [0.2, 0.25) is 9.84 Å². The number of halogens is 3. The second kappa shape index (κ2) is 7.82. The summed E-state index contributed by atoms with van der Waals surface area (Å²) in [6.07, 6.45) is 0. The predicted octanol–water partition coefficient (Wildman–Crippen LogP) is 3.30. The molecule has 144 valence electrons. The van der Waals surface area contributed by atoms with E-state index in [1.807, 2.05) is 24.3 Å². The molecule has 1 aliphatic heterocycles. The highest BCUT2D eigenvalue weighted by Crippen LogP contribution is 2.26. The van der Waals surface area contributed by atoms with Crippen molar-refractivity contribution in [3.05, 3.63) is 59.1 Å². The largest absolute Gasteiger partial charge is 0.367 e. The first-order valence-electron chi connectivity index (χ1n) is 8.21. The van der Waals surface area contributed by atoms with Gasteiger partial charge in [-0.15, -0.1) is 0 Å². The predicted molar refractivity (Wildman–Crippen MR) is 99.2 cm³/mol. The molecule has 1 amide bonds. The number of rotatable bonds is 4. The topological polar surface area (TPSA) is 57.7 Å². The van der Waals surface area contributed by atoms with Gasteiger partial charge in [-0.05, 0) is 36.4 Å². The number of nitrogens with zero attached hydrogens (tertiary/aromatic N) is 2. The molecule has 0 spiro atoms. The number of alkyl halides is 2. The number of carbonyl (C=O) groups is 1. The van der Waals surface area contributed by atoms with Crippen molar-refractivity contribution in [2.45, 2.75) is 10.7 Å². The number of para-hydroxylation sites is 1. The van der Waals surface area contributed by atoms with Crippen LogP contribution in [0.3, 0.4) is 0 Å². The normalized spacial score (nSPS) is 15.3. The third kappa shape index (κ3) is 4.06. The first-order valence-corrected chi connectivity index (χ1v) is 10.1. The van der Waals surface area contributed by atoms with Crippen molar-refractivity contribution in [3.8, 4) is 0 Å². The first-order chi connectivity index (χ1) is 12.8. The van der Waals surface area contributed by atoms with Gasteiger partial charge in [0.1, 0.15) is 0 Å². The Kier molecular flexibility index (Phi) is 5.67. The smallest absolute Gasteiger partial charge is 0.341 e. The lowest BCUT2D eigenvalue weighted by atomic mass is 10.1. The zero-order valence-electron chi connectivity index (χ0n) is 14.2. The molecule has 0 aromatic heterocycles. The number of carbonyl (C=O) groups excluding carboxylic acids is 1. The van der Waals surface area contributed by atoms with Crippen LogP contribution in [0.4, 0.5) is 14.5 Å². The maximum absolute atomic E-state index is 12.6. The Bertz CT molecular complexity index is 928. The van der Waals surface area contributed by atoms with E-state index < -0.39 is 20.5 Å². The fourth-order valence-electron chi connectivity index (χ4n) is 2.93. The van der Waals surface area contributed by atoms with Gasteiger partial charge in [-0.25, -0.2) is 8.42 Å². The van der Waals surface area contributed by atoms with Crippen molar-refractivity contribution in [1.29, 1.82) is 0 Å². The molecule has 1 aliphatic rings. The highest BCUT2D eigenvalue weighted by Gasteiger charge is 2.27. The van der Waals surface area contributed by atoms with Crippen LogP contribution >= 0.6 is 11.6 Å². The van der Waals surface area contributed by atoms with Crippen molar-refractivity contribution in [3.63, 3.8) is 0 Å². The maximum atomic E-state index is 12.6. The third-order valence-electron chi connectivity index (χ3n) is 4.42. The molecule has 0 atom stereocenters. The Morgan fingerprint density at radius 2 is 1.56 bits per heavy atom. The minimum Gasteiger partial charge on any atom is -0.367 e. The Balaban J connectivity index is 1.67. The molecule has 1 fully saturated rings. The van der Waals surface area contributed by atoms with E-state index in [1.54, 1.807) is 4.90 Å². The quantitative estimate of drug-likeness (QED) is 0.770. The monoisotopic (exact) mass is 414 g/mol. The van der Waals surface area contributed by atoms with E-state index in [0.29, 0.717) is 31.2 Å². The summed E-state index contributed by atoms with van der Waals surface area (Å²) in [6, 6.07) is 12.1. The van der Waals surface area contributed by atoms with Crippen LogP contribution < -0.4 is 4.90 Å². The molecule has 1 saturated heterocycles. The van der Waals surface area contributed by atoms with E-state index in [1.165, 1.54) is 12.1 Å². The molecule has 0 unspecified atom stereocenters. The molecular weight excluding hydrogens is 398 g/mol. The molecule has 5 nitrogen and oxygen atoms in total. The van der Waals surface area contributed by atoms with E-state index in [4.69, 9.17) is 11.6 Å². The van der Waals surface area contributed by atoms with E-state index in [0.717, 1.165) is 17.8 Å². The van der Waals surface area contributed by atoms with Crippen molar-refractivity contribution >= 4 is 33.0 Å². The van der Waals surface area contributed by atoms with Crippen LogP contribution in [0, 0.1) is 0 Å². The standard InChI is InChI=1S/C18H17ClF2N2O3S/c19-15-3-1-2-4-16(15)22-9-11-23(12-10-22)17(24)13-5-7-14(8-6-13)27(25,26)18(20)21/h1-8,18H,9-12H2. The van der Waals surface area contributed by atoms with E-state index >= 15 is 0 Å². The highest BCUT2D eigenvalue weighted by atomic mass is 35.5. The zero-order valence-corrected chi connectivity index (χ0v) is 15.8. The number of benzene rings is 2. The van der Waals surface area contributed by atoms with E-state index in [2.05, 4.69) is 4.90 Å². The third-order valence-corrected chi connectivity index (χ3v) is 6.14. The van der Waals surface area contributed by atoms with Gasteiger partial charge in [0.15, 0.2) is 0 Å². The van der Waals surface area contributed by atoms with Crippen LogP contribution in [0.25, 0.3) is 0 Å². The SMILES string of the molecule is O=C(c1ccc(S(=O)(=O)C(F)F)cc1)N1CCN(c2ccccc2Cl)CC1. The summed E-state index contributed by atoms with van der Waals surface area (Å²) in [6.45, 7) is 2.16. The van der Waals surface area contributed by atoms with Crippen LogP contribution in [-0.4, -0.2) is 51.2 Å². The summed E-state index contributed by atoms with van der Waals surface area (Å²) < 4.78 is 48.1. The summed E-state index contributed by atoms with van der Waals surface area (Å²) in [5.41, 5.74) is 1.17. The number of anilines is 1. The Morgan fingerprint density at radius 3 is 2.11 bits per heavy atom. The minimum absolute atomic E-state index is 0.259. The summed E-state index contributed by atoms with van der Waals surface area (Å²) in [7, 11) is -4.66. The first kappa shape index (κ1) is 19.6. The molecule has 27 heavy (non-hydrogen) atoms. The van der Waals surface area contributed by atoms with Crippen LogP contribution in [0.5, 0.6) is 0 Å². The van der Waals surface area contributed by atoms with E-state index in [9.17, 15) is 22.0 Å². The Hall–Kier alpha value is -2.19. The molecule has 1 heterocycles. The van der Waals surface area contributed by atoms with Crippen molar-refractivity contribution in [1.82, 2.24) is 4.90 Å². The van der Waals surface area contributed by atoms with Crippen molar-refractivity contribution in [2.24, 2.45) is 0 Å². The minimum atomic E-state index is -4.66. The lowest BCUT2D eigenvalue weighted by Gasteiger charge is -2.36. The second-order valence-corrected chi connectivity index (χ2v) is 8.39. The Labute approximate surface area is 161 Å². The molecule has 0 radical (unpaired) electrons. The summed E-state index contributed by atoms with van der Waals surface area (Å²) in [5.74, 6) is -3.76. The molecule has 3 rings (SSSR count). The van der Waals surface area contributed by atoms with Gasteiger partial charge in [-0.2, -0.15) is 8.78 Å². The Morgan fingerprint density at radius 1 is 0.963 bits per heavy atom. The average Bonchev–Trinajstić information content (AvgIpc) is 2.68. The number of piperazine rings is 1. The lowest BCUT2D eigenvalue weighted by molar-refractivity contribution is 0.0746. The van der Waals surface area contributed by atoms with Crippen LogP contribution in [0.2, 0.25) is 5.02 Å². The van der Waals surface area contributed by atoms with Crippen molar-refractivity contribution in [2.75, 3.05) is 31.1 Å². The fourth-order valence-corrected chi connectivity index (χ4v) is 3.91. The highest BCUT2D eigenvalue weighted by molar-refractivity contribution is 7.91. The van der Waals surface area contributed by atoms with Gasteiger partial charge in [0.05, 0.1) is 15.6 Å². The van der Waals surface area contributed by atoms with Gasteiger partial charge >= 0.3 is 5.76 Å². The molecular formula is C18H17ClF2N2O3S. The summed E-state index contributed by atoms with van der Waals surface area (Å²) >= 11 is 6.20. The molecule has 0 aliphatic carbocycles. The van der Waals surface area contributed by atoms with Gasteiger partial charge in [-0.1, -0.05) is 23.7 Å². The molecule has 0 bridgehead atoms. The van der Waals surface area contributed by atoms with Crippen molar-refractivity contribution < 1.29 is 22.0 Å². The van der Waals surface area contributed by atoms with Crippen LogP contribution in [0.1, 0.15) is 10.4 Å². The molecule has 9 heteroatoms. The second-order valence-electron chi connectivity index (χ2n) is 6.06. The van der Waals surface area contributed by atoms with Gasteiger partial charge in [0.25, 0.3) is 5.91 Å². The van der Waals surface area contributed by atoms with Gasteiger partial charge in [0, 0.05) is 31.7 Å². The maximum Gasteiger partial charge on any atom is 0.341 e.